The Morgan fingerprint density at radius 1 is 1.00 bits per heavy atom. The van der Waals surface area contributed by atoms with Gasteiger partial charge in [-0.2, -0.15) is 0 Å². The van der Waals surface area contributed by atoms with Crippen molar-refractivity contribution in [3.63, 3.8) is 0 Å². The number of carbonyl (C=O) groups excluding carboxylic acids is 1. The summed E-state index contributed by atoms with van der Waals surface area (Å²) in [5, 5.41) is 9.23. The highest BCUT2D eigenvalue weighted by Crippen LogP contribution is 2.37. The molecule has 1 N–H and O–H groups in total. The molecular formula is C18H23NO3. The summed E-state index contributed by atoms with van der Waals surface area (Å²) in [6.45, 7) is 0.606. The third-order valence-corrected chi connectivity index (χ3v) is 5.17. The van der Waals surface area contributed by atoms with Gasteiger partial charge in [0.15, 0.2) is 0 Å². The number of carboxylic acid groups (broad SMARTS) is 1. The summed E-state index contributed by atoms with van der Waals surface area (Å²) in [5.74, 6) is -0.237. The number of aliphatic carboxylic acids is 1. The summed E-state index contributed by atoms with van der Waals surface area (Å²) in [5.41, 5.74) is 1.36. The summed E-state index contributed by atoms with van der Waals surface area (Å²) in [6.07, 6.45) is 5.20. The van der Waals surface area contributed by atoms with Gasteiger partial charge >= 0.3 is 5.97 Å². The van der Waals surface area contributed by atoms with Crippen LogP contribution in [0, 0.1) is 5.92 Å². The molecule has 2 fully saturated rings. The van der Waals surface area contributed by atoms with Crippen LogP contribution in [0.5, 0.6) is 0 Å². The SMILES string of the molecule is O=C(O)[C@@H]1CCCN1C(=O)C1CCC(c2ccccc2)CC1. The van der Waals surface area contributed by atoms with Gasteiger partial charge in [0.25, 0.3) is 0 Å². The molecule has 0 aromatic heterocycles. The highest BCUT2D eigenvalue weighted by atomic mass is 16.4. The minimum Gasteiger partial charge on any atom is -0.480 e. The van der Waals surface area contributed by atoms with E-state index in [1.165, 1.54) is 5.56 Å². The predicted octanol–water partition coefficient (Wildman–Crippen LogP) is 3.04. The summed E-state index contributed by atoms with van der Waals surface area (Å²) < 4.78 is 0. The maximum Gasteiger partial charge on any atom is 0.326 e. The molecule has 0 bridgehead atoms. The van der Waals surface area contributed by atoms with Crippen LogP contribution >= 0.6 is 0 Å². The number of likely N-dealkylation sites (tertiary alicyclic amines) is 1. The zero-order valence-corrected chi connectivity index (χ0v) is 12.8. The van der Waals surface area contributed by atoms with Crippen LogP contribution in [0.3, 0.4) is 0 Å². The second-order valence-corrected chi connectivity index (χ2v) is 6.49. The highest BCUT2D eigenvalue weighted by Gasteiger charge is 2.38. The Hall–Kier alpha value is -1.84. The Labute approximate surface area is 131 Å². The summed E-state index contributed by atoms with van der Waals surface area (Å²) in [4.78, 5) is 25.5. The maximum atomic E-state index is 12.6. The standard InChI is InChI=1S/C18H23NO3/c20-17(19-12-4-7-16(19)18(21)22)15-10-8-14(9-11-15)13-5-2-1-3-6-13/h1-3,5-6,14-16H,4,7-12H2,(H,21,22)/t14?,15?,16-/m0/s1. The van der Waals surface area contributed by atoms with E-state index in [4.69, 9.17) is 0 Å². The molecule has 4 nitrogen and oxygen atoms in total. The second kappa shape index (κ2) is 6.51. The first-order chi connectivity index (χ1) is 10.7. The molecule has 0 unspecified atom stereocenters. The number of benzene rings is 1. The van der Waals surface area contributed by atoms with Gasteiger partial charge in [-0.15, -0.1) is 0 Å². The van der Waals surface area contributed by atoms with E-state index < -0.39 is 12.0 Å². The minimum atomic E-state index is -0.858. The van der Waals surface area contributed by atoms with Crippen LogP contribution in [0.4, 0.5) is 0 Å². The number of rotatable bonds is 3. The lowest BCUT2D eigenvalue weighted by Gasteiger charge is -2.32. The smallest absolute Gasteiger partial charge is 0.326 e. The molecule has 3 rings (SSSR count). The van der Waals surface area contributed by atoms with Crippen molar-refractivity contribution < 1.29 is 14.7 Å². The van der Waals surface area contributed by atoms with Crippen LogP contribution in [0.25, 0.3) is 0 Å². The molecule has 2 aliphatic rings. The Bertz CT molecular complexity index is 535. The number of carboxylic acids is 1. The lowest BCUT2D eigenvalue weighted by atomic mass is 9.78. The zero-order chi connectivity index (χ0) is 15.5. The van der Waals surface area contributed by atoms with Crippen LogP contribution in [0.2, 0.25) is 0 Å². The second-order valence-electron chi connectivity index (χ2n) is 6.49. The van der Waals surface area contributed by atoms with Crippen LogP contribution < -0.4 is 0 Å². The van der Waals surface area contributed by atoms with E-state index in [1.54, 1.807) is 4.90 Å². The van der Waals surface area contributed by atoms with Crippen LogP contribution in [0.15, 0.2) is 30.3 Å². The molecule has 1 aliphatic carbocycles. The van der Waals surface area contributed by atoms with Gasteiger partial charge in [0.05, 0.1) is 0 Å². The van der Waals surface area contributed by atoms with E-state index in [9.17, 15) is 14.7 Å². The Morgan fingerprint density at radius 2 is 1.68 bits per heavy atom. The number of nitrogens with zero attached hydrogens (tertiary/aromatic N) is 1. The fraction of sp³-hybridized carbons (Fsp3) is 0.556. The fourth-order valence-electron chi connectivity index (χ4n) is 3.92. The van der Waals surface area contributed by atoms with Gasteiger partial charge in [-0.3, -0.25) is 4.79 Å². The van der Waals surface area contributed by atoms with Gasteiger partial charge in [0.2, 0.25) is 5.91 Å². The monoisotopic (exact) mass is 301 g/mol. The average molecular weight is 301 g/mol. The number of hydrogen-bond acceptors (Lipinski definition) is 2. The minimum absolute atomic E-state index is 0.0138. The quantitative estimate of drug-likeness (QED) is 0.933. The largest absolute Gasteiger partial charge is 0.480 e. The lowest BCUT2D eigenvalue weighted by molar-refractivity contribution is -0.150. The van der Waals surface area contributed by atoms with Crippen molar-refractivity contribution in [1.82, 2.24) is 4.90 Å². The summed E-state index contributed by atoms with van der Waals surface area (Å²) >= 11 is 0. The molecular weight excluding hydrogens is 278 g/mol. The molecule has 1 saturated heterocycles. The Morgan fingerprint density at radius 3 is 2.32 bits per heavy atom. The van der Waals surface area contributed by atoms with Crippen molar-refractivity contribution in [2.45, 2.75) is 50.5 Å². The predicted molar refractivity (Wildman–Crippen MR) is 83.5 cm³/mol. The zero-order valence-electron chi connectivity index (χ0n) is 12.8. The van der Waals surface area contributed by atoms with E-state index in [2.05, 4.69) is 24.3 Å². The van der Waals surface area contributed by atoms with Crippen LogP contribution in [0.1, 0.15) is 50.0 Å². The maximum absolute atomic E-state index is 12.6. The van der Waals surface area contributed by atoms with E-state index >= 15 is 0 Å². The van der Waals surface area contributed by atoms with Gasteiger partial charge in [-0.1, -0.05) is 30.3 Å². The molecule has 1 saturated carbocycles. The summed E-state index contributed by atoms with van der Waals surface area (Å²) in [7, 11) is 0. The van der Waals surface area contributed by atoms with Gasteiger partial charge in [0, 0.05) is 12.5 Å². The molecule has 1 aliphatic heterocycles. The lowest BCUT2D eigenvalue weighted by Crippen LogP contribution is -2.44. The molecule has 1 aromatic rings. The van der Waals surface area contributed by atoms with Crippen molar-refractivity contribution in [2.24, 2.45) is 5.92 Å². The topological polar surface area (TPSA) is 57.6 Å². The normalized spacial score (nSPS) is 28.5. The molecule has 118 valence electrons. The molecule has 1 amide bonds. The molecule has 22 heavy (non-hydrogen) atoms. The van der Waals surface area contributed by atoms with E-state index in [-0.39, 0.29) is 11.8 Å². The van der Waals surface area contributed by atoms with Gasteiger partial charge in [0.1, 0.15) is 6.04 Å². The van der Waals surface area contributed by atoms with Crippen molar-refractivity contribution in [1.29, 1.82) is 0 Å². The van der Waals surface area contributed by atoms with E-state index in [0.717, 1.165) is 32.1 Å². The molecule has 1 heterocycles. The molecule has 1 aromatic carbocycles. The first-order valence-electron chi connectivity index (χ1n) is 8.25. The van der Waals surface area contributed by atoms with E-state index in [1.807, 2.05) is 6.07 Å². The molecule has 0 radical (unpaired) electrons. The number of amides is 1. The summed E-state index contributed by atoms with van der Waals surface area (Å²) in [6, 6.07) is 9.88. The average Bonchev–Trinajstić information content (AvgIpc) is 3.05. The van der Waals surface area contributed by atoms with Crippen LogP contribution in [-0.2, 0) is 9.59 Å². The van der Waals surface area contributed by atoms with Gasteiger partial charge < -0.3 is 10.0 Å². The first-order valence-corrected chi connectivity index (χ1v) is 8.25. The molecule has 0 spiro atoms. The molecule has 1 atom stereocenters. The third kappa shape index (κ3) is 3.01. The Kier molecular flexibility index (Phi) is 4.46. The van der Waals surface area contributed by atoms with Gasteiger partial charge in [-0.25, -0.2) is 4.79 Å². The first kappa shape index (κ1) is 15.1. The number of hydrogen-bond donors (Lipinski definition) is 1. The Balaban J connectivity index is 1.59. The van der Waals surface area contributed by atoms with E-state index in [0.29, 0.717) is 18.9 Å². The van der Waals surface area contributed by atoms with Crippen LogP contribution in [-0.4, -0.2) is 34.5 Å². The molecule has 4 heteroatoms. The van der Waals surface area contributed by atoms with Crippen molar-refractivity contribution in [3.8, 4) is 0 Å². The number of carbonyl (C=O) groups is 2. The van der Waals surface area contributed by atoms with Crippen molar-refractivity contribution in [3.05, 3.63) is 35.9 Å². The van der Waals surface area contributed by atoms with Crippen molar-refractivity contribution >= 4 is 11.9 Å². The third-order valence-electron chi connectivity index (χ3n) is 5.17. The fourth-order valence-corrected chi connectivity index (χ4v) is 3.92. The van der Waals surface area contributed by atoms with Crippen molar-refractivity contribution in [2.75, 3.05) is 6.54 Å². The van der Waals surface area contributed by atoms with Gasteiger partial charge in [-0.05, 0) is 50.0 Å². The highest BCUT2D eigenvalue weighted by molar-refractivity contribution is 5.85.